The number of hydrogen-bond acceptors (Lipinski definition) is 6. The van der Waals surface area contributed by atoms with Crippen molar-refractivity contribution in [1.29, 1.82) is 10.5 Å². The molecule has 11 heteroatoms. The lowest BCUT2D eigenvalue weighted by molar-refractivity contribution is -0.137. The number of amides is 1. The maximum absolute atomic E-state index is 13.5. The van der Waals surface area contributed by atoms with E-state index >= 15 is 0 Å². The second-order valence-corrected chi connectivity index (χ2v) is 9.51. The summed E-state index contributed by atoms with van der Waals surface area (Å²) in [5.74, 6) is -0.298. The van der Waals surface area contributed by atoms with Crippen LogP contribution in [0, 0.1) is 28.1 Å². The zero-order valence-electron chi connectivity index (χ0n) is 20.4. The summed E-state index contributed by atoms with van der Waals surface area (Å²) in [6, 6.07) is 14.6. The molecule has 37 heavy (non-hydrogen) atoms. The lowest BCUT2D eigenvalue weighted by atomic mass is 9.95. The number of carbonyl (C=O) groups excluding carboxylic acids is 1. The molecule has 0 fully saturated rings. The normalized spacial score (nSPS) is 15.6. The molecule has 0 unspecified atom stereocenters. The summed E-state index contributed by atoms with van der Waals surface area (Å²) in [6.45, 7) is 6.76. The van der Waals surface area contributed by atoms with Crippen molar-refractivity contribution in [3.63, 3.8) is 0 Å². The van der Waals surface area contributed by atoms with Gasteiger partial charge in [-0.25, -0.2) is 4.68 Å². The van der Waals surface area contributed by atoms with Gasteiger partial charge < -0.3 is 0 Å². The van der Waals surface area contributed by atoms with Crippen molar-refractivity contribution >= 4 is 23.5 Å². The van der Waals surface area contributed by atoms with Gasteiger partial charge in [-0.2, -0.15) is 28.7 Å². The molecule has 1 N–H and O–H groups in total. The number of anilines is 3. The van der Waals surface area contributed by atoms with Crippen LogP contribution in [0.2, 0.25) is 0 Å². The van der Waals surface area contributed by atoms with Crippen LogP contribution in [0.5, 0.6) is 0 Å². The molecule has 2 aromatic carbocycles. The molecule has 0 bridgehead atoms. The van der Waals surface area contributed by atoms with E-state index in [0.717, 1.165) is 12.1 Å². The van der Waals surface area contributed by atoms with E-state index in [1.165, 1.54) is 21.7 Å². The maximum Gasteiger partial charge on any atom is 0.416 e. The van der Waals surface area contributed by atoms with E-state index in [1.54, 1.807) is 52.0 Å². The highest BCUT2D eigenvalue weighted by Crippen LogP contribution is 2.43. The van der Waals surface area contributed by atoms with Crippen LogP contribution in [0.3, 0.4) is 0 Å². The van der Waals surface area contributed by atoms with Crippen molar-refractivity contribution in [1.82, 2.24) is 14.8 Å². The van der Waals surface area contributed by atoms with E-state index < -0.39 is 23.2 Å². The lowest BCUT2D eigenvalue weighted by Crippen LogP contribution is -2.31. The summed E-state index contributed by atoms with van der Waals surface area (Å²) < 4.78 is 41.9. The van der Waals surface area contributed by atoms with Crippen LogP contribution in [-0.4, -0.2) is 20.7 Å². The first-order chi connectivity index (χ1) is 17.3. The van der Waals surface area contributed by atoms with Crippen LogP contribution in [0.1, 0.15) is 50.4 Å². The van der Waals surface area contributed by atoms with Crippen molar-refractivity contribution in [2.75, 3.05) is 10.2 Å². The molecule has 0 saturated heterocycles. The predicted octanol–water partition coefficient (Wildman–Crippen LogP) is 5.69. The number of nitrogens with one attached hydrogen (secondary N) is 1. The van der Waals surface area contributed by atoms with Crippen molar-refractivity contribution in [3.8, 4) is 12.1 Å². The van der Waals surface area contributed by atoms with Crippen LogP contribution in [-0.2, 0) is 11.0 Å². The van der Waals surface area contributed by atoms with Gasteiger partial charge in [0.2, 0.25) is 11.9 Å². The lowest BCUT2D eigenvalue weighted by Gasteiger charge is -2.34. The zero-order chi connectivity index (χ0) is 27.1. The number of aromatic nitrogens is 3. The zero-order valence-corrected chi connectivity index (χ0v) is 20.4. The fourth-order valence-corrected chi connectivity index (χ4v) is 3.89. The van der Waals surface area contributed by atoms with E-state index in [0.29, 0.717) is 16.8 Å². The number of fused-ring (bicyclic) bond motifs is 1. The molecule has 4 rings (SSSR count). The van der Waals surface area contributed by atoms with Gasteiger partial charge in [0.05, 0.1) is 28.8 Å². The Hall–Kier alpha value is -4.64. The molecule has 188 valence electrons. The third kappa shape index (κ3) is 4.76. The summed E-state index contributed by atoms with van der Waals surface area (Å²) in [4.78, 5) is 18.5. The second-order valence-electron chi connectivity index (χ2n) is 9.51. The minimum Gasteiger partial charge on any atom is -0.293 e. The largest absolute Gasteiger partial charge is 0.416 e. The minimum absolute atomic E-state index is 0.0578. The molecule has 0 aliphatic carbocycles. The molecule has 0 radical (unpaired) electrons. The first-order valence-corrected chi connectivity index (χ1v) is 11.2. The predicted molar refractivity (Wildman–Crippen MR) is 129 cm³/mol. The number of hydrogen-bond donors (Lipinski definition) is 1. The highest BCUT2D eigenvalue weighted by atomic mass is 19.4. The van der Waals surface area contributed by atoms with Gasteiger partial charge in [-0.1, -0.05) is 39.0 Å². The molecule has 8 nitrogen and oxygen atoms in total. The monoisotopic (exact) mass is 505 g/mol. The molecular weight excluding hydrogens is 483 g/mol. The van der Waals surface area contributed by atoms with Crippen LogP contribution in [0.25, 0.3) is 0 Å². The Labute approximate surface area is 211 Å². The van der Waals surface area contributed by atoms with Gasteiger partial charge in [-0.05, 0) is 42.8 Å². The van der Waals surface area contributed by atoms with Crippen molar-refractivity contribution in [3.05, 3.63) is 76.5 Å². The fourth-order valence-electron chi connectivity index (χ4n) is 3.89. The summed E-state index contributed by atoms with van der Waals surface area (Å²) in [5, 5.41) is 26.4. The van der Waals surface area contributed by atoms with E-state index in [1.807, 2.05) is 6.07 Å². The van der Waals surface area contributed by atoms with Gasteiger partial charge in [0, 0.05) is 16.8 Å². The summed E-state index contributed by atoms with van der Waals surface area (Å²) in [5.41, 5.74) is 0.0988. The van der Waals surface area contributed by atoms with Gasteiger partial charge in [0.1, 0.15) is 6.04 Å². The Morgan fingerprint density at radius 2 is 1.73 bits per heavy atom. The summed E-state index contributed by atoms with van der Waals surface area (Å²) in [7, 11) is 0. The fraction of sp³-hybridized carbons (Fsp3) is 0.269. The Balaban J connectivity index is 1.93. The molecule has 1 atom stereocenters. The van der Waals surface area contributed by atoms with Gasteiger partial charge in [-0.3, -0.25) is 15.0 Å². The van der Waals surface area contributed by atoms with E-state index in [9.17, 15) is 23.2 Å². The second kappa shape index (κ2) is 9.10. The van der Waals surface area contributed by atoms with E-state index in [-0.39, 0.29) is 29.1 Å². The van der Waals surface area contributed by atoms with E-state index in [4.69, 9.17) is 5.26 Å². The van der Waals surface area contributed by atoms with Crippen molar-refractivity contribution < 1.29 is 18.0 Å². The molecule has 1 aliphatic heterocycles. The molecule has 0 saturated carbocycles. The topological polar surface area (TPSA) is 111 Å². The third-order valence-electron chi connectivity index (χ3n) is 5.87. The molecule has 1 aliphatic rings. The SMILES string of the molecule is CC1=C(C#N)[C@@H](c2ccc(C#N)cc2)n2nc(NC(=O)C(C)(C)C)nc2N1c1cccc(C(F)(F)F)c1. The highest BCUT2D eigenvalue weighted by molar-refractivity contribution is 5.93. The Morgan fingerprint density at radius 3 is 2.30 bits per heavy atom. The average molecular weight is 506 g/mol. The van der Waals surface area contributed by atoms with Gasteiger partial charge >= 0.3 is 6.18 Å². The van der Waals surface area contributed by atoms with Gasteiger partial charge in [0.25, 0.3) is 5.95 Å². The average Bonchev–Trinajstić information content (AvgIpc) is 3.25. The van der Waals surface area contributed by atoms with Crippen LogP contribution >= 0.6 is 0 Å². The Kier molecular flexibility index (Phi) is 6.26. The number of alkyl halides is 3. The van der Waals surface area contributed by atoms with Crippen molar-refractivity contribution in [2.45, 2.75) is 39.9 Å². The molecule has 1 aromatic heterocycles. The van der Waals surface area contributed by atoms with Gasteiger partial charge in [0.15, 0.2) is 0 Å². The summed E-state index contributed by atoms with van der Waals surface area (Å²) >= 11 is 0. The first-order valence-electron chi connectivity index (χ1n) is 11.2. The van der Waals surface area contributed by atoms with Crippen LogP contribution < -0.4 is 10.2 Å². The molecular formula is C26H22F3N7O. The molecule has 3 aromatic rings. The Bertz CT molecular complexity index is 1480. The number of carbonyl (C=O) groups is 1. The molecule has 0 spiro atoms. The van der Waals surface area contributed by atoms with E-state index in [2.05, 4.69) is 21.5 Å². The standard InChI is InChI=1S/C26H22F3N7O/c1-15-20(14-31)21(17-10-8-16(13-30)9-11-17)36-24(33-23(34-36)32-22(37)25(2,3)4)35(15)19-7-5-6-18(12-19)26(27,28)29/h5-12,21H,1-4H3,(H,32,34,37)/t21-/m1/s1. The number of nitrogens with zero attached hydrogens (tertiary/aromatic N) is 6. The smallest absolute Gasteiger partial charge is 0.293 e. The van der Waals surface area contributed by atoms with Crippen LogP contribution in [0.4, 0.5) is 30.8 Å². The minimum atomic E-state index is -4.58. The van der Waals surface area contributed by atoms with Gasteiger partial charge in [-0.15, -0.1) is 5.10 Å². The number of rotatable bonds is 3. The maximum atomic E-state index is 13.5. The Morgan fingerprint density at radius 1 is 1.05 bits per heavy atom. The molecule has 2 heterocycles. The van der Waals surface area contributed by atoms with Crippen molar-refractivity contribution in [2.24, 2.45) is 5.41 Å². The third-order valence-corrected chi connectivity index (χ3v) is 5.87. The first kappa shape index (κ1) is 25.5. The van der Waals surface area contributed by atoms with Crippen LogP contribution in [0.15, 0.2) is 59.8 Å². The summed E-state index contributed by atoms with van der Waals surface area (Å²) in [6.07, 6.45) is -4.58. The number of nitriles is 2. The molecule has 1 amide bonds. The number of allylic oxidation sites excluding steroid dienone is 2. The quantitative estimate of drug-likeness (QED) is 0.490. The number of benzene rings is 2. The highest BCUT2D eigenvalue weighted by Gasteiger charge is 2.38. The number of halogens is 3.